The van der Waals surface area contributed by atoms with Crippen LogP contribution in [0.5, 0.6) is 0 Å². The van der Waals surface area contributed by atoms with Gasteiger partial charge in [-0.15, -0.1) is 0 Å². The van der Waals surface area contributed by atoms with E-state index in [1.165, 1.54) is 57.9 Å². The van der Waals surface area contributed by atoms with Crippen molar-refractivity contribution in [2.45, 2.75) is 44.9 Å². The summed E-state index contributed by atoms with van der Waals surface area (Å²) in [5, 5.41) is 2.91. The van der Waals surface area contributed by atoms with Crippen molar-refractivity contribution in [2.75, 3.05) is 13.7 Å². The van der Waals surface area contributed by atoms with Gasteiger partial charge in [0.05, 0.1) is 12.7 Å². The molecular weight excluding hydrogens is 280 g/mol. The smallest absolute Gasteiger partial charge is 0.356 e. The standard InChI is InChI=1S/C17H24N2O3/c1-22-17(21)15-10-9-14(12-19-15)16(20)18-11-5-8-13-6-3-2-4-7-13/h9-10,12-13H,2-8,11H2,1H3,(H,18,20). The molecule has 0 radical (unpaired) electrons. The number of aromatic nitrogens is 1. The average Bonchev–Trinajstić information content (AvgIpc) is 2.59. The van der Waals surface area contributed by atoms with E-state index in [9.17, 15) is 9.59 Å². The van der Waals surface area contributed by atoms with Gasteiger partial charge < -0.3 is 10.1 Å². The molecule has 5 heteroatoms. The van der Waals surface area contributed by atoms with E-state index in [-0.39, 0.29) is 11.6 Å². The first-order chi connectivity index (χ1) is 10.7. The number of amides is 1. The Bertz CT molecular complexity index is 493. The molecule has 1 aromatic heterocycles. The van der Waals surface area contributed by atoms with Crippen LogP contribution < -0.4 is 5.32 Å². The molecule has 0 unspecified atom stereocenters. The first-order valence-electron chi connectivity index (χ1n) is 8.03. The number of hydrogen-bond acceptors (Lipinski definition) is 4. The molecule has 22 heavy (non-hydrogen) atoms. The fraction of sp³-hybridized carbons (Fsp3) is 0.588. The van der Waals surface area contributed by atoms with Gasteiger partial charge >= 0.3 is 5.97 Å². The number of nitrogens with zero attached hydrogens (tertiary/aromatic N) is 1. The molecule has 1 aromatic rings. The number of methoxy groups -OCH3 is 1. The maximum absolute atomic E-state index is 12.0. The Kier molecular flexibility index (Phi) is 6.37. The van der Waals surface area contributed by atoms with Crippen LogP contribution >= 0.6 is 0 Å². The summed E-state index contributed by atoms with van der Waals surface area (Å²) in [5.74, 6) is 0.193. The Hall–Kier alpha value is -1.91. The van der Waals surface area contributed by atoms with E-state index in [4.69, 9.17) is 0 Å². The highest BCUT2D eigenvalue weighted by Crippen LogP contribution is 2.26. The van der Waals surface area contributed by atoms with Gasteiger partial charge in [-0.05, 0) is 30.9 Å². The van der Waals surface area contributed by atoms with Crippen LogP contribution in [0, 0.1) is 5.92 Å². The highest BCUT2D eigenvalue weighted by Gasteiger charge is 2.13. The lowest BCUT2D eigenvalue weighted by molar-refractivity contribution is 0.0593. The summed E-state index contributed by atoms with van der Waals surface area (Å²) >= 11 is 0. The molecule has 1 aliphatic rings. The summed E-state index contributed by atoms with van der Waals surface area (Å²) < 4.78 is 4.57. The van der Waals surface area contributed by atoms with Crippen molar-refractivity contribution in [3.05, 3.63) is 29.6 Å². The molecule has 0 atom stereocenters. The minimum absolute atomic E-state index is 0.146. The number of ether oxygens (including phenoxy) is 1. The van der Waals surface area contributed by atoms with Crippen LogP contribution in [0.3, 0.4) is 0 Å². The van der Waals surface area contributed by atoms with Crippen molar-refractivity contribution >= 4 is 11.9 Å². The lowest BCUT2D eigenvalue weighted by Gasteiger charge is -2.21. The number of pyridine rings is 1. The van der Waals surface area contributed by atoms with Gasteiger partial charge in [0.1, 0.15) is 5.69 Å². The van der Waals surface area contributed by atoms with Gasteiger partial charge in [-0.25, -0.2) is 9.78 Å². The Morgan fingerprint density at radius 3 is 2.68 bits per heavy atom. The van der Waals surface area contributed by atoms with Crippen LogP contribution in [0.15, 0.2) is 18.3 Å². The molecule has 2 rings (SSSR count). The van der Waals surface area contributed by atoms with Crippen LogP contribution in [0.2, 0.25) is 0 Å². The third kappa shape index (κ3) is 4.83. The van der Waals surface area contributed by atoms with Crippen molar-refractivity contribution < 1.29 is 14.3 Å². The van der Waals surface area contributed by atoms with Crippen molar-refractivity contribution in [1.82, 2.24) is 10.3 Å². The lowest BCUT2D eigenvalue weighted by Crippen LogP contribution is -2.25. The minimum Gasteiger partial charge on any atom is -0.464 e. The largest absolute Gasteiger partial charge is 0.464 e. The van der Waals surface area contributed by atoms with Crippen molar-refractivity contribution in [1.29, 1.82) is 0 Å². The maximum atomic E-state index is 12.0. The maximum Gasteiger partial charge on any atom is 0.356 e. The second kappa shape index (κ2) is 8.51. The highest BCUT2D eigenvalue weighted by atomic mass is 16.5. The van der Waals surface area contributed by atoms with Crippen LogP contribution in [0.25, 0.3) is 0 Å². The van der Waals surface area contributed by atoms with Gasteiger partial charge in [-0.1, -0.05) is 32.1 Å². The molecule has 1 saturated carbocycles. The summed E-state index contributed by atoms with van der Waals surface area (Å²) in [4.78, 5) is 27.2. The summed E-state index contributed by atoms with van der Waals surface area (Å²) in [6, 6.07) is 3.10. The molecule has 0 bridgehead atoms. The molecule has 1 amide bonds. The van der Waals surface area contributed by atoms with Gasteiger partial charge in [0.2, 0.25) is 0 Å². The normalized spacial score (nSPS) is 15.3. The Balaban J connectivity index is 1.71. The zero-order chi connectivity index (χ0) is 15.8. The molecule has 1 N–H and O–H groups in total. The Morgan fingerprint density at radius 2 is 2.05 bits per heavy atom. The minimum atomic E-state index is -0.501. The zero-order valence-corrected chi connectivity index (χ0v) is 13.1. The van der Waals surface area contributed by atoms with Gasteiger partial charge in [0.15, 0.2) is 0 Å². The molecule has 0 aliphatic heterocycles. The molecule has 5 nitrogen and oxygen atoms in total. The number of hydrogen-bond donors (Lipinski definition) is 1. The molecule has 120 valence electrons. The number of carbonyl (C=O) groups excluding carboxylic acids is 2. The number of esters is 1. The molecule has 1 heterocycles. The molecule has 1 aliphatic carbocycles. The van der Waals surface area contributed by atoms with Crippen molar-refractivity contribution in [3.63, 3.8) is 0 Å². The quantitative estimate of drug-likeness (QED) is 0.648. The highest BCUT2D eigenvalue weighted by molar-refractivity contribution is 5.95. The van der Waals surface area contributed by atoms with Gasteiger partial charge in [0.25, 0.3) is 5.91 Å². The zero-order valence-electron chi connectivity index (χ0n) is 13.1. The van der Waals surface area contributed by atoms with Gasteiger partial charge in [0, 0.05) is 12.7 Å². The molecule has 1 fully saturated rings. The second-order valence-electron chi connectivity index (χ2n) is 5.83. The van der Waals surface area contributed by atoms with E-state index in [1.807, 2.05) is 0 Å². The van der Waals surface area contributed by atoms with Crippen LogP contribution in [-0.4, -0.2) is 30.5 Å². The van der Waals surface area contributed by atoms with E-state index >= 15 is 0 Å². The SMILES string of the molecule is COC(=O)c1ccc(C(=O)NCCCC2CCCCC2)cn1. The molecule has 0 aromatic carbocycles. The van der Waals surface area contributed by atoms with Gasteiger partial charge in [-0.3, -0.25) is 4.79 Å². The predicted molar refractivity (Wildman–Crippen MR) is 83.7 cm³/mol. The topological polar surface area (TPSA) is 68.3 Å². The predicted octanol–water partition coefficient (Wildman–Crippen LogP) is 2.96. The van der Waals surface area contributed by atoms with Crippen molar-refractivity contribution in [3.8, 4) is 0 Å². The van der Waals surface area contributed by atoms with E-state index in [0.717, 1.165) is 12.3 Å². The monoisotopic (exact) mass is 304 g/mol. The first kappa shape index (κ1) is 16.5. The summed E-state index contributed by atoms with van der Waals surface area (Å²) in [7, 11) is 1.30. The second-order valence-corrected chi connectivity index (χ2v) is 5.83. The number of carbonyl (C=O) groups is 2. The molecular formula is C17H24N2O3. The van der Waals surface area contributed by atoms with Crippen molar-refractivity contribution in [2.24, 2.45) is 5.92 Å². The Morgan fingerprint density at radius 1 is 1.27 bits per heavy atom. The van der Waals surface area contributed by atoms with Gasteiger partial charge in [-0.2, -0.15) is 0 Å². The van der Waals surface area contributed by atoms with E-state index in [0.29, 0.717) is 12.1 Å². The van der Waals surface area contributed by atoms with E-state index < -0.39 is 5.97 Å². The van der Waals surface area contributed by atoms with Crippen LogP contribution in [0.4, 0.5) is 0 Å². The fourth-order valence-electron chi connectivity index (χ4n) is 2.92. The molecule has 0 saturated heterocycles. The summed E-state index contributed by atoms with van der Waals surface area (Å²) in [6.07, 6.45) is 10.4. The summed E-state index contributed by atoms with van der Waals surface area (Å²) in [5.41, 5.74) is 0.668. The number of nitrogens with one attached hydrogen (secondary N) is 1. The molecule has 0 spiro atoms. The average molecular weight is 304 g/mol. The Labute approximate surface area is 131 Å². The first-order valence-corrected chi connectivity index (χ1v) is 8.03. The fourth-order valence-corrected chi connectivity index (χ4v) is 2.92. The van der Waals surface area contributed by atoms with Crippen LogP contribution in [0.1, 0.15) is 65.8 Å². The lowest BCUT2D eigenvalue weighted by atomic mass is 9.86. The number of rotatable bonds is 6. The third-order valence-electron chi connectivity index (χ3n) is 4.22. The van der Waals surface area contributed by atoms with Crippen LogP contribution in [-0.2, 0) is 4.74 Å². The van der Waals surface area contributed by atoms with E-state index in [1.54, 1.807) is 6.07 Å². The summed E-state index contributed by atoms with van der Waals surface area (Å²) in [6.45, 7) is 0.689. The van der Waals surface area contributed by atoms with E-state index in [2.05, 4.69) is 15.0 Å². The third-order valence-corrected chi connectivity index (χ3v) is 4.22.